The molecule has 21 heteroatoms. The standard InChI is InChI=1S/C40H47Cl2N13O6/c1-52-23-27(21-47-52)55-25-46-37-38(50-40(51-39(37)55)53-9-13-60-14-10-53)45-22-34-48-31-18-29(42)30(19-32(31)49-34)43-6-11-58-15-16-59-12-7-44-35(56)24-61-28-4-5-33-26(17-28)3-2-8-54(33)36(57)20-41/h4-5,17-19,21,23,25,43H,2-3,6-16,20,22,24H2,1H3,(H,44,56)(H,48,49)(H,45,50,51). The van der Waals surface area contributed by atoms with Crippen molar-refractivity contribution in [3.8, 4) is 11.4 Å². The van der Waals surface area contributed by atoms with Gasteiger partial charge in [-0.2, -0.15) is 15.1 Å². The van der Waals surface area contributed by atoms with E-state index in [-0.39, 0.29) is 24.3 Å². The van der Waals surface area contributed by atoms with Crippen LogP contribution in [0.4, 0.5) is 23.1 Å². The summed E-state index contributed by atoms with van der Waals surface area (Å²) in [4.78, 5) is 50.9. The Morgan fingerprint density at radius 1 is 0.984 bits per heavy atom. The Bertz CT molecular complexity index is 2470. The first kappa shape index (κ1) is 42.0. The van der Waals surface area contributed by atoms with Gasteiger partial charge in [0, 0.05) is 51.7 Å². The Morgan fingerprint density at radius 3 is 2.62 bits per heavy atom. The van der Waals surface area contributed by atoms with Crippen LogP contribution in [0.2, 0.25) is 5.02 Å². The molecule has 1 saturated heterocycles. The first-order valence-electron chi connectivity index (χ1n) is 20.1. The number of aromatic amines is 1. The molecular weight excluding hydrogens is 829 g/mol. The molecule has 2 aromatic carbocycles. The van der Waals surface area contributed by atoms with Gasteiger partial charge in [0.1, 0.15) is 23.8 Å². The number of carbonyl (C=O) groups is 2. The van der Waals surface area contributed by atoms with Crippen molar-refractivity contribution in [1.82, 2.24) is 44.6 Å². The third-order valence-electron chi connectivity index (χ3n) is 10.1. The van der Waals surface area contributed by atoms with E-state index in [4.69, 9.17) is 57.1 Å². The number of nitrogens with one attached hydrogen (secondary N) is 4. The second kappa shape index (κ2) is 19.8. The average Bonchev–Trinajstić information content (AvgIpc) is 4.03. The second-order valence-corrected chi connectivity index (χ2v) is 15.1. The van der Waals surface area contributed by atoms with Crippen LogP contribution in [0.5, 0.6) is 5.75 Å². The highest BCUT2D eigenvalue weighted by Crippen LogP contribution is 2.31. The number of carbonyl (C=O) groups excluding carboxylic acids is 2. The maximum atomic E-state index is 12.3. The minimum Gasteiger partial charge on any atom is -0.484 e. The summed E-state index contributed by atoms with van der Waals surface area (Å²) in [6.45, 7) is 5.87. The number of hydrogen-bond acceptors (Lipinski definition) is 14. The van der Waals surface area contributed by atoms with E-state index in [1.165, 1.54) is 0 Å². The molecule has 0 bridgehead atoms. The van der Waals surface area contributed by atoms with E-state index < -0.39 is 0 Å². The van der Waals surface area contributed by atoms with E-state index >= 15 is 0 Å². The molecule has 0 saturated carbocycles. The molecule has 4 N–H and O–H groups in total. The lowest BCUT2D eigenvalue weighted by Crippen LogP contribution is -2.37. The number of imidazole rings is 2. The molecule has 19 nitrogen and oxygen atoms in total. The van der Waals surface area contributed by atoms with Gasteiger partial charge in [0.15, 0.2) is 23.6 Å². The number of halogens is 2. The van der Waals surface area contributed by atoms with E-state index in [2.05, 4.69) is 35.9 Å². The number of nitrogens with zero attached hydrogens (tertiary/aromatic N) is 9. The maximum absolute atomic E-state index is 12.3. The smallest absolute Gasteiger partial charge is 0.258 e. The van der Waals surface area contributed by atoms with Crippen LogP contribution in [-0.2, 0) is 43.8 Å². The lowest BCUT2D eigenvalue weighted by Gasteiger charge is -2.29. The summed E-state index contributed by atoms with van der Waals surface area (Å²) < 4.78 is 26.2. The third-order valence-corrected chi connectivity index (χ3v) is 10.7. The van der Waals surface area contributed by atoms with Gasteiger partial charge in [0.2, 0.25) is 11.9 Å². The fourth-order valence-electron chi connectivity index (χ4n) is 7.14. The first-order valence-corrected chi connectivity index (χ1v) is 21.0. The van der Waals surface area contributed by atoms with Gasteiger partial charge in [-0.05, 0) is 48.7 Å². The van der Waals surface area contributed by atoms with Crippen LogP contribution in [0.15, 0.2) is 49.1 Å². The zero-order chi connectivity index (χ0) is 42.1. The van der Waals surface area contributed by atoms with Gasteiger partial charge < -0.3 is 49.7 Å². The summed E-state index contributed by atoms with van der Waals surface area (Å²) in [7, 11) is 1.87. The van der Waals surface area contributed by atoms with Crippen LogP contribution in [0.25, 0.3) is 27.9 Å². The van der Waals surface area contributed by atoms with Crippen LogP contribution in [0.3, 0.4) is 0 Å². The minimum atomic E-state index is -0.255. The predicted octanol–water partition coefficient (Wildman–Crippen LogP) is 3.69. The summed E-state index contributed by atoms with van der Waals surface area (Å²) >= 11 is 12.4. The summed E-state index contributed by atoms with van der Waals surface area (Å²) in [5.41, 5.74) is 6.29. The Labute approximate surface area is 361 Å². The van der Waals surface area contributed by atoms with Gasteiger partial charge in [-0.3, -0.25) is 18.8 Å². The number of aryl methyl sites for hydroxylation is 2. The molecule has 1 fully saturated rings. The van der Waals surface area contributed by atoms with Crippen molar-refractivity contribution in [3.63, 3.8) is 0 Å². The van der Waals surface area contributed by atoms with Crippen molar-refractivity contribution in [3.05, 3.63) is 65.5 Å². The second-order valence-electron chi connectivity index (χ2n) is 14.4. The molecule has 0 spiro atoms. The maximum Gasteiger partial charge on any atom is 0.258 e. The van der Waals surface area contributed by atoms with Crippen LogP contribution in [0, 0.1) is 0 Å². The normalized spacial score (nSPS) is 14.1. The first-order chi connectivity index (χ1) is 29.8. The van der Waals surface area contributed by atoms with Gasteiger partial charge in [-0.15, -0.1) is 11.6 Å². The number of ether oxygens (including phenoxy) is 4. The van der Waals surface area contributed by atoms with E-state index in [1.54, 1.807) is 28.2 Å². The Hall–Kier alpha value is -5.73. The monoisotopic (exact) mass is 875 g/mol. The van der Waals surface area contributed by atoms with Crippen LogP contribution in [0.1, 0.15) is 17.8 Å². The molecule has 8 rings (SSSR count). The van der Waals surface area contributed by atoms with Crippen molar-refractivity contribution in [2.75, 3.05) is 105 Å². The van der Waals surface area contributed by atoms with Crippen LogP contribution >= 0.6 is 23.2 Å². The lowest BCUT2D eigenvalue weighted by atomic mass is 10.0. The molecule has 4 aromatic heterocycles. The van der Waals surface area contributed by atoms with Crippen molar-refractivity contribution in [2.45, 2.75) is 19.4 Å². The number of H-pyrrole nitrogens is 1. The number of alkyl halides is 1. The number of hydrogen-bond donors (Lipinski definition) is 4. The van der Waals surface area contributed by atoms with E-state index in [0.29, 0.717) is 118 Å². The van der Waals surface area contributed by atoms with Gasteiger partial charge in [0.05, 0.1) is 79.8 Å². The largest absolute Gasteiger partial charge is 0.484 e. The summed E-state index contributed by atoms with van der Waals surface area (Å²) in [5.74, 6) is 2.02. The highest BCUT2D eigenvalue weighted by Gasteiger charge is 2.23. The van der Waals surface area contributed by atoms with E-state index in [0.717, 1.165) is 46.5 Å². The molecule has 0 aliphatic carbocycles. The highest BCUT2D eigenvalue weighted by molar-refractivity contribution is 6.34. The molecule has 0 atom stereocenters. The number of morpholine rings is 1. The Balaban J connectivity index is 0.750. The van der Waals surface area contributed by atoms with E-state index in [9.17, 15) is 9.59 Å². The van der Waals surface area contributed by atoms with E-state index in [1.807, 2.05) is 42.1 Å². The Kier molecular flexibility index (Phi) is 13.6. The molecule has 2 aliphatic heterocycles. The van der Waals surface area contributed by atoms with Gasteiger partial charge in [-0.1, -0.05) is 11.6 Å². The SMILES string of the molecule is Cn1cc(-n2cnc3c(NCc4nc5cc(NCCOCCOCCNC(=O)COc6ccc7c(c6)CCCN7C(=O)CCl)c(Cl)cc5[nH]4)nc(N4CCOCC4)nc32)cn1. The van der Waals surface area contributed by atoms with Gasteiger partial charge >= 0.3 is 0 Å². The van der Waals surface area contributed by atoms with Crippen molar-refractivity contribution >= 4 is 80.4 Å². The molecule has 61 heavy (non-hydrogen) atoms. The quantitative estimate of drug-likeness (QED) is 0.0678. The molecule has 6 aromatic rings. The van der Waals surface area contributed by atoms with Crippen molar-refractivity contribution < 1.29 is 28.5 Å². The van der Waals surface area contributed by atoms with Crippen LogP contribution in [-0.4, -0.2) is 136 Å². The number of fused-ring (bicyclic) bond motifs is 3. The fourth-order valence-corrected chi connectivity index (χ4v) is 7.52. The third kappa shape index (κ3) is 10.3. The molecule has 322 valence electrons. The van der Waals surface area contributed by atoms with Crippen LogP contribution < -0.4 is 30.5 Å². The Morgan fingerprint density at radius 2 is 1.82 bits per heavy atom. The van der Waals surface area contributed by atoms with Crippen molar-refractivity contribution in [2.24, 2.45) is 7.05 Å². The average molecular weight is 877 g/mol. The molecular formula is C40H47Cl2N13O6. The summed E-state index contributed by atoms with van der Waals surface area (Å²) in [6.07, 6.45) is 7.08. The lowest BCUT2D eigenvalue weighted by molar-refractivity contribution is -0.123. The number of anilines is 4. The molecule has 0 unspecified atom stereocenters. The fraction of sp³-hybridized carbons (Fsp3) is 0.425. The predicted molar refractivity (Wildman–Crippen MR) is 231 cm³/mol. The van der Waals surface area contributed by atoms with Gasteiger partial charge in [-0.25, -0.2) is 9.97 Å². The zero-order valence-electron chi connectivity index (χ0n) is 33.7. The summed E-state index contributed by atoms with van der Waals surface area (Å²) in [6, 6.07) is 9.22. The zero-order valence-corrected chi connectivity index (χ0v) is 35.2. The number of aromatic nitrogens is 8. The minimum absolute atomic E-state index is 0.0620. The van der Waals surface area contributed by atoms with Gasteiger partial charge in [0.25, 0.3) is 5.91 Å². The molecule has 6 heterocycles. The van der Waals surface area contributed by atoms with Crippen molar-refractivity contribution in [1.29, 1.82) is 0 Å². The molecule has 2 amide bonds. The summed E-state index contributed by atoms with van der Waals surface area (Å²) in [5, 5.41) is 14.4. The number of benzene rings is 2. The number of rotatable bonds is 19. The highest BCUT2D eigenvalue weighted by atomic mass is 35.5. The molecule has 2 aliphatic rings. The topological polar surface area (TPSA) is 204 Å². The number of amides is 2. The molecule has 0 radical (unpaired) electrons.